The predicted octanol–water partition coefficient (Wildman–Crippen LogP) is 4.62. The summed E-state index contributed by atoms with van der Waals surface area (Å²) in [4.78, 5) is 27.6. The van der Waals surface area contributed by atoms with Crippen LogP contribution in [0, 0.1) is 0 Å². The van der Waals surface area contributed by atoms with Gasteiger partial charge in [0, 0.05) is 11.4 Å². The maximum absolute atomic E-state index is 13.7. The molecule has 0 bridgehead atoms. The van der Waals surface area contributed by atoms with Gasteiger partial charge in [-0.1, -0.05) is 30.3 Å². The normalized spacial score (nSPS) is 17.9. The first kappa shape index (κ1) is 24.2. The number of hydrogen-bond donors (Lipinski definition) is 1. The van der Waals surface area contributed by atoms with E-state index in [2.05, 4.69) is 5.32 Å². The van der Waals surface area contributed by atoms with Crippen LogP contribution < -0.4 is 5.32 Å². The lowest BCUT2D eigenvalue weighted by atomic mass is 9.94. The molecule has 2 aliphatic rings. The first-order chi connectivity index (χ1) is 16.9. The Bertz CT molecular complexity index is 1360. The van der Waals surface area contributed by atoms with Gasteiger partial charge in [-0.2, -0.15) is 4.31 Å². The molecule has 1 amide bonds. The Balaban J connectivity index is 1.51. The Labute approximate surface area is 212 Å². The minimum Gasteiger partial charge on any atom is -0.462 e. The largest absolute Gasteiger partial charge is 0.462 e. The number of hydrogen-bond acceptors (Lipinski definition) is 7. The van der Waals surface area contributed by atoms with Crippen LogP contribution in [0.4, 0.5) is 5.00 Å². The molecule has 7 nitrogen and oxygen atoms in total. The van der Waals surface area contributed by atoms with Crippen molar-refractivity contribution in [2.24, 2.45) is 0 Å². The molecule has 3 heterocycles. The van der Waals surface area contributed by atoms with Crippen molar-refractivity contribution < 1.29 is 22.7 Å². The highest BCUT2D eigenvalue weighted by Gasteiger charge is 2.41. The zero-order valence-electron chi connectivity index (χ0n) is 19.3. The standard InChI is InChI=1S/C25H26N2O5S3/c1-2-32-25(29)22-18-10-5-6-11-20(18)34-24(22)26-23(28)19-14-16-8-3-4-9-17(16)15-27(19)35(30,31)21-12-7-13-33-21/h3-4,7-9,12-13,19H,2,5-6,10-11,14-15H2,1H3,(H,26,28)/t19-/m0/s1. The van der Waals surface area contributed by atoms with E-state index in [1.165, 1.54) is 15.6 Å². The predicted molar refractivity (Wildman–Crippen MR) is 137 cm³/mol. The van der Waals surface area contributed by atoms with Gasteiger partial charge in [0.1, 0.15) is 15.3 Å². The van der Waals surface area contributed by atoms with Gasteiger partial charge in [-0.3, -0.25) is 4.79 Å². The first-order valence-electron chi connectivity index (χ1n) is 11.6. The van der Waals surface area contributed by atoms with Gasteiger partial charge < -0.3 is 10.1 Å². The molecule has 10 heteroatoms. The molecule has 0 radical (unpaired) electrons. The van der Waals surface area contributed by atoms with Gasteiger partial charge in [-0.05, 0) is 67.2 Å². The van der Waals surface area contributed by atoms with Crippen molar-refractivity contribution in [3.63, 3.8) is 0 Å². The molecule has 1 aliphatic carbocycles. The summed E-state index contributed by atoms with van der Waals surface area (Å²) in [7, 11) is -3.88. The highest BCUT2D eigenvalue weighted by molar-refractivity contribution is 7.91. The summed E-state index contributed by atoms with van der Waals surface area (Å²) in [5, 5.41) is 5.09. The number of thiophene rings is 2. The van der Waals surface area contributed by atoms with Crippen molar-refractivity contribution in [2.75, 3.05) is 11.9 Å². The number of aryl methyl sites for hydroxylation is 1. The van der Waals surface area contributed by atoms with E-state index >= 15 is 0 Å². The molecule has 0 saturated heterocycles. The SMILES string of the molecule is CCOC(=O)c1c(NC(=O)[C@@H]2Cc3ccccc3CN2S(=O)(=O)c2cccs2)sc2c1CCCC2. The van der Waals surface area contributed by atoms with Crippen molar-refractivity contribution in [3.05, 3.63) is 68.9 Å². The molecular formula is C25H26N2O5S3. The van der Waals surface area contributed by atoms with E-state index in [0.717, 1.165) is 58.6 Å². The number of sulfonamides is 1. The third-order valence-electron chi connectivity index (χ3n) is 6.45. The van der Waals surface area contributed by atoms with Crippen LogP contribution in [-0.2, 0) is 45.4 Å². The summed E-state index contributed by atoms with van der Waals surface area (Å²) < 4.78 is 33.8. The Morgan fingerprint density at radius 1 is 1.11 bits per heavy atom. The Morgan fingerprint density at radius 2 is 1.89 bits per heavy atom. The number of carbonyl (C=O) groups excluding carboxylic acids is 2. The fourth-order valence-corrected chi connectivity index (χ4v) is 8.73. The van der Waals surface area contributed by atoms with Gasteiger partial charge in [0.25, 0.3) is 10.0 Å². The Kier molecular flexibility index (Phi) is 6.80. The molecule has 1 aromatic carbocycles. The fraction of sp³-hybridized carbons (Fsp3) is 0.360. The second-order valence-corrected chi connectivity index (χ2v) is 12.8. The summed E-state index contributed by atoms with van der Waals surface area (Å²) in [5.74, 6) is -0.886. The third-order valence-corrected chi connectivity index (χ3v) is 10.9. The van der Waals surface area contributed by atoms with Crippen LogP contribution in [-0.4, -0.2) is 37.2 Å². The van der Waals surface area contributed by atoms with E-state index in [4.69, 9.17) is 4.74 Å². The molecule has 0 fully saturated rings. The highest BCUT2D eigenvalue weighted by Crippen LogP contribution is 2.39. The third kappa shape index (κ3) is 4.55. The lowest BCUT2D eigenvalue weighted by Crippen LogP contribution is -2.50. The van der Waals surface area contributed by atoms with Crippen molar-refractivity contribution in [2.45, 2.75) is 55.8 Å². The molecule has 2 aromatic heterocycles. The minimum absolute atomic E-state index is 0.111. The fourth-order valence-electron chi connectivity index (χ4n) is 4.77. The average molecular weight is 531 g/mol. The maximum atomic E-state index is 13.7. The maximum Gasteiger partial charge on any atom is 0.341 e. The molecule has 1 atom stereocenters. The molecule has 1 aliphatic heterocycles. The minimum atomic E-state index is -3.88. The van der Waals surface area contributed by atoms with E-state index in [1.54, 1.807) is 24.4 Å². The second kappa shape index (κ2) is 9.85. The average Bonchev–Trinajstić information content (AvgIpc) is 3.52. The van der Waals surface area contributed by atoms with Gasteiger partial charge in [0.2, 0.25) is 5.91 Å². The van der Waals surface area contributed by atoms with Gasteiger partial charge in [0.15, 0.2) is 0 Å². The van der Waals surface area contributed by atoms with Crippen LogP contribution in [0.3, 0.4) is 0 Å². The number of esters is 1. The lowest BCUT2D eigenvalue weighted by molar-refractivity contribution is -0.120. The molecule has 3 aromatic rings. The van der Waals surface area contributed by atoms with E-state index in [9.17, 15) is 18.0 Å². The Morgan fingerprint density at radius 3 is 2.63 bits per heavy atom. The van der Waals surface area contributed by atoms with Crippen LogP contribution in [0.2, 0.25) is 0 Å². The van der Waals surface area contributed by atoms with Crippen molar-refractivity contribution in [1.29, 1.82) is 0 Å². The van der Waals surface area contributed by atoms with E-state index in [1.807, 2.05) is 24.3 Å². The number of benzene rings is 1. The number of amides is 1. The second-order valence-electron chi connectivity index (χ2n) is 8.60. The van der Waals surface area contributed by atoms with Crippen LogP contribution in [0.1, 0.15) is 51.7 Å². The van der Waals surface area contributed by atoms with Gasteiger partial charge in [-0.25, -0.2) is 13.2 Å². The summed E-state index contributed by atoms with van der Waals surface area (Å²) in [6.07, 6.45) is 3.90. The summed E-state index contributed by atoms with van der Waals surface area (Å²) in [6.45, 7) is 2.10. The molecule has 5 rings (SSSR count). The van der Waals surface area contributed by atoms with Crippen LogP contribution in [0.25, 0.3) is 0 Å². The number of fused-ring (bicyclic) bond motifs is 2. The molecule has 0 unspecified atom stereocenters. The molecular weight excluding hydrogens is 504 g/mol. The number of nitrogens with zero attached hydrogens (tertiary/aromatic N) is 1. The van der Waals surface area contributed by atoms with Gasteiger partial charge in [-0.15, -0.1) is 22.7 Å². The summed E-state index contributed by atoms with van der Waals surface area (Å²) in [5.41, 5.74) is 3.20. The smallest absolute Gasteiger partial charge is 0.341 e. The highest BCUT2D eigenvalue weighted by atomic mass is 32.2. The summed E-state index contributed by atoms with van der Waals surface area (Å²) in [6, 6.07) is 9.89. The number of rotatable bonds is 6. The molecule has 35 heavy (non-hydrogen) atoms. The molecule has 184 valence electrons. The van der Waals surface area contributed by atoms with E-state index in [0.29, 0.717) is 10.6 Å². The topological polar surface area (TPSA) is 92.8 Å². The molecule has 1 N–H and O–H groups in total. The van der Waals surface area contributed by atoms with Crippen molar-refractivity contribution >= 4 is 49.6 Å². The van der Waals surface area contributed by atoms with Crippen molar-refractivity contribution in [3.8, 4) is 0 Å². The van der Waals surface area contributed by atoms with E-state index in [-0.39, 0.29) is 23.8 Å². The van der Waals surface area contributed by atoms with Crippen LogP contribution in [0.15, 0.2) is 46.0 Å². The van der Waals surface area contributed by atoms with Gasteiger partial charge >= 0.3 is 5.97 Å². The summed E-state index contributed by atoms with van der Waals surface area (Å²) >= 11 is 2.53. The number of anilines is 1. The zero-order chi connectivity index (χ0) is 24.6. The van der Waals surface area contributed by atoms with Gasteiger partial charge in [0.05, 0.1) is 12.2 Å². The Hall–Kier alpha value is -2.53. The van der Waals surface area contributed by atoms with Crippen LogP contribution >= 0.6 is 22.7 Å². The van der Waals surface area contributed by atoms with Crippen molar-refractivity contribution in [1.82, 2.24) is 4.31 Å². The monoisotopic (exact) mass is 530 g/mol. The number of ether oxygens (including phenoxy) is 1. The first-order valence-corrected chi connectivity index (χ1v) is 14.8. The number of nitrogens with one attached hydrogen (secondary N) is 1. The van der Waals surface area contributed by atoms with Crippen LogP contribution in [0.5, 0.6) is 0 Å². The number of carbonyl (C=O) groups is 2. The zero-order valence-corrected chi connectivity index (χ0v) is 21.7. The lowest BCUT2D eigenvalue weighted by Gasteiger charge is -2.34. The molecule has 0 saturated carbocycles. The van der Waals surface area contributed by atoms with E-state index < -0.39 is 27.9 Å². The molecule has 0 spiro atoms. The quantitative estimate of drug-likeness (QED) is 0.470.